The molecule has 2 heterocycles. The van der Waals surface area contributed by atoms with Crippen LogP contribution in [0.5, 0.6) is 0 Å². The second-order valence-corrected chi connectivity index (χ2v) is 8.46. The summed E-state index contributed by atoms with van der Waals surface area (Å²) in [5.74, 6) is -0.447. The van der Waals surface area contributed by atoms with Crippen LogP contribution < -0.4 is 16.0 Å². The minimum absolute atomic E-state index is 0.0843. The van der Waals surface area contributed by atoms with Gasteiger partial charge in [0.05, 0.1) is 24.1 Å². The fraction of sp³-hybridized carbons (Fsp3) is 0.429. The lowest BCUT2D eigenvalue weighted by atomic mass is 9.82. The SMILES string of the molecule is CC(C)(C)[C@@H](NC(=O)C1CC(=O)NC(c2ncccn2)N1)c1ccc(C(F)(F)F)cc1. The van der Waals surface area contributed by atoms with Gasteiger partial charge in [0, 0.05) is 12.4 Å². The van der Waals surface area contributed by atoms with Crippen LogP contribution in [0.3, 0.4) is 0 Å². The van der Waals surface area contributed by atoms with Crippen LogP contribution in [0.15, 0.2) is 42.7 Å². The minimum atomic E-state index is -4.44. The fourth-order valence-corrected chi connectivity index (χ4v) is 3.38. The Hall–Kier alpha value is -3.01. The molecule has 2 amide bonds. The maximum atomic E-state index is 13.0. The van der Waals surface area contributed by atoms with E-state index in [0.29, 0.717) is 11.4 Å². The predicted octanol–water partition coefficient (Wildman–Crippen LogP) is 2.88. The van der Waals surface area contributed by atoms with Crippen molar-refractivity contribution in [3.05, 3.63) is 59.7 Å². The molecule has 3 rings (SSSR count). The van der Waals surface area contributed by atoms with Gasteiger partial charge in [0.2, 0.25) is 11.8 Å². The first-order valence-electron chi connectivity index (χ1n) is 9.75. The lowest BCUT2D eigenvalue weighted by molar-refractivity contribution is -0.137. The van der Waals surface area contributed by atoms with Gasteiger partial charge in [-0.15, -0.1) is 0 Å². The number of halogens is 3. The van der Waals surface area contributed by atoms with Gasteiger partial charge in [-0.25, -0.2) is 9.97 Å². The van der Waals surface area contributed by atoms with Crippen molar-refractivity contribution in [3.8, 4) is 0 Å². The second-order valence-electron chi connectivity index (χ2n) is 8.46. The molecule has 1 aromatic carbocycles. The molecule has 2 unspecified atom stereocenters. The molecule has 1 fully saturated rings. The third-order valence-electron chi connectivity index (χ3n) is 4.95. The summed E-state index contributed by atoms with van der Waals surface area (Å²) in [6.07, 6.45) is -2.19. The highest BCUT2D eigenvalue weighted by Gasteiger charge is 2.36. The van der Waals surface area contributed by atoms with Crippen LogP contribution in [0.1, 0.15) is 56.4 Å². The summed E-state index contributed by atoms with van der Waals surface area (Å²) >= 11 is 0. The molecule has 0 radical (unpaired) electrons. The van der Waals surface area contributed by atoms with Gasteiger partial charge in [-0.05, 0) is 29.2 Å². The van der Waals surface area contributed by atoms with E-state index in [4.69, 9.17) is 0 Å². The lowest BCUT2D eigenvalue weighted by Gasteiger charge is -2.35. The first-order valence-corrected chi connectivity index (χ1v) is 9.75. The van der Waals surface area contributed by atoms with E-state index in [2.05, 4.69) is 25.9 Å². The van der Waals surface area contributed by atoms with Gasteiger partial charge in [0.1, 0.15) is 6.17 Å². The zero-order valence-corrected chi connectivity index (χ0v) is 17.3. The number of hydrogen-bond acceptors (Lipinski definition) is 5. The van der Waals surface area contributed by atoms with Crippen LogP contribution in [0.4, 0.5) is 13.2 Å². The largest absolute Gasteiger partial charge is 0.416 e. The Bertz CT molecular complexity index is 927. The van der Waals surface area contributed by atoms with Crippen molar-refractivity contribution in [1.82, 2.24) is 25.9 Å². The number of alkyl halides is 3. The summed E-state index contributed by atoms with van der Waals surface area (Å²) in [5.41, 5.74) is -0.711. The highest BCUT2D eigenvalue weighted by Crippen LogP contribution is 2.35. The van der Waals surface area contributed by atoms with Gasteiger partial charge in [-0.2, -0.15) is 13.2 Å². The topological polar surface area (TPSA) is 96.0 Å². The Balaban J connectivity index is 1.78. The van der Waals surface area contributed by atoms with Crippen LogP contribution in [0, 0.1) is 5.41 Å². The molecule has 7 nitrogen and oxygen atoms in total. The van der Waals surface area contributed by atoms with Crippen molar-refractivity contribution in [2.24, 2.45) is 5.41 Å². The molecule has 1 saturated heterocycles. The van der Waals surface area contributed by atoms with E-state index in [9.17, 15) is 22.8 Å². The van der Waals surface area contributed by atoms with Gasteiger partial charge in [-0.3, -0.25) is 14.9 Å². The van der Waals surface area contributed by atoms with Gasteiger partial charge in [0.25, 0.3) is 0 Å². The monoisotopic (exact) mass is 435 g/mol. The molecular weight excluding hydrogens is 411 g/mol. The summed E-state index contributed by atoms with van der Waals surface area (Å²) in [6.45, 7) is 5.62. The number of nitrogens with zero attached hydrogens (tertiary/aromatic N) is 2. The van der Waals surface area contributed by atoms with Crippen LogP contribution in [0.25, 0.3) is 0 Å². The zero-order chi connectivity index (χ0) is 22.8. The number of nitrogens with one attached hydrogen (secondary N) is 3. The van der Waals surface area contributed by atoms with Crippen molar-refractivity contribution in [1.29, 1.82) is 0 Å². The Labute approximate surface area is 177 Å². The second kappa shape index (κ2) is 8.62. The zero-order valence-electron chi connectivity index (χ0n) is 17.3. The molecule has 2 aromatic rings. The number of carbonyl (C=O) groups excluding carboxylic acids is 2. The molecule has 166 valence electrons. The molecule has 0 saturated carbocycles. The first-order chi connectivity index (χ1) is 14.4. The Morgan fingerprint density at radius 2 is 1.74 bits per heavy atom. The first kappa shape index (κ1) is 22.7. The highest BCUT2D eigenvalue weighted by atomic mass is 19.4. The van der Waals surface area contributed by atoms with Crippen LogP contribution in [0.2, 0.25) is 0 Å². The van der Waals surface area contributed by atoms with Crippen molar-refractivity contribution < 1.29 is 22.8 Å². The average molecular weight is 435 g/mol. The predicted molar refractivity (Wildman–Crippen MR) is 106 cm³/mol. The van der Waals surface area contributed by atoms with Crippen molar-refractivity contribution >= 4 is 11.8 Å². The maximum Gasteiger partial charge on any atom is 0.416 e. The molecule has 31 heavy (non-hydrogen) atoms. The van der Waals surface area contributed by atoms with Crippen LogP contribution in [-0.4, -0.2) is 27.8 Å². The van der Waals surface area contributed by atoms with E-state index in [0.717, 1.165) is 12.1 Å². The van der Waals surface area contributed by atoms with E-state index >= 15 is 0 Å². The van der Waals surface area contributed by atoms with E-state index in [-0.39, 0.29) is 12.3 Å². The van der Waals surface area contributed by atoms with Crippen LogP contribution >= 0.6 is 0 Å². The molecule has 1 aliphatic rings. The number of rotatable bonds is 4. The Morgan fingerprint density at radius 3 is 2.29 bits per heavy atom. The third-order valence-corrected chi connectivity index (χ3v) is 4.95. The average Bonchev–Trinajstić information content (AvgIpc) is 2.70. The van der Waals surface area contributed by atoms with Crippen LogP contribution in [-0.2, 0) is 15.8 Å². The van der Waals surface area contributed by atoms with E-state index in [1.807, 2.05) is 20.8 Å². The number of hydrogen-bond donors (Lipinski definition) is 3. The number of aromatic nitrogens is 2. The molecule has 0 bridgehead atoms. The van der Waals surface area contributed by atoms with E-state index < -0.39 is 41.3 Å². The standard InChI is InChI=1S/C21H24F3N5O2/c1-20(2,3)16(12-5-7-13(8-6-12)21(22,23)24)29-19(31)14-11-15(30)28-18(27-14)17-25-9-4-10-26-17/h4-10,14,16,18,27H,11H2,1-3H3,(H,28,30)(H,29,31)/t14?,16-,18?/m0/s1. The van der Waals surface area contributed by atoms with Crippen molar-refractivity contribution in [2.45, 2.75) is 51.6 Å². The quantitative estimate of drug-likeness (QED) is 0.687. The summed E-state index contributed by atoms with van der Waals surface area (Å²) < 4.78 is 38.7. The maximum absolute atomic E-state index is 13.0. The van der Waals surface area contributed by atoms with Gasteiger partial charge >= 0.3 is 6.18 Å². The normalized spacial score (nSPS) is 20.6. The van der Waals surface area contributed by atoms with Gasteiger partial charge in [-0.1, -0.05) is 32.9 Å². The van der Waals surface area contributed by atoms with Crippen molar-refractivity contribution in [2.75, 3.05) is 0 Å². The molecule has 1 aromatic heterocycles. The number of carbonyl (C=O) groups is 2. The molecule has 0 aliphatic carbocycles. The Morgan fingerprint density at radius 1 is 1.13 bits per heavy atom. The number of amides is 2. The smallest absolute Gasteiger partial charge is 0.347 e. The van der Waals surface area contributed by atoms with Gasteiger partial charge in [0.15, 0.2) is 5.82 Å². The van der Waals surface area contributed by atoms with Gasteiger partial charge < -0.3 is 10.6 Å². The molecule has 3 atom stereocenters. The van der Waals surface area contributed by atoms with E-state index in [1.54, 1.807) is 6.07 Å². The molecule has 3 N–H and O–H groups in total. The van der Waals surface area contributed by atoms with Crippen molar-refractivity contribution in [3.63, 3.8) is 0 Å². The summed E-state index contributed by atoms with van der Waals surface area (Å²) in [7, 11) is 0. The molecular formula is C21H24F3N5O2. The minimum Gasteiger partial charge on any atom is -0.347 e. The number of benzene rings is 1. The summed E-state index contributed by atoms with van der Waals surface area (Å²) in [5, 5.41) is 8.60. The fourth-order valence-electron chi connectivity index (χ4n) is 3.38. The molecule has 1 aliphatic heterocycles. The highest BCUT2D eigenvalue weighted by molar-refractivity contribution is 5.89. The Kier molecular flexibility index (Phi) is 6.30. The lowest BCUT2D eigenvalue weighted by Crippen LogP contribution is -2.57. The summed E-state index contributed by atoms with van der Waals surface area (Å²) in [4.78, 5) is 33.3. The van der Waals surface area contributed by atoms with E-state index in [1.165, 1.54) is 24.5 Å². The summed E-state index contributed by atoms with van der Waals surface area (Å²) in [6, 6.07) is 4.93. The third kappa shape index (κ3) is 5.57. The molecule has 10 heteroatoms. The molecule has 0 spiro atoms.